The molecular weight excluding hydrogens is 290 g/mol. The molecule has 0 spiro atoms. The van der Waals surface area contributed by atoms with Crippen LogP contribution < -0.4 is 0 Å². The van der Waals surface area contributed by atoms with E-state index in [1.165, 1.54) is 0 Å². The maximum absolute atomic E-state index is 10.7. The van der Waals surface area contributed by atoms with E-state index in [1.54, 1.807) is 12.1 Å². The highest BCUT2D eigenvalue weighted by molar-refractivity contribution is 5.82. The average molecular weight is 303 g/mol. The maximum atomic E-state index is 10.7. The van der Waals surface area contributed by atoms with Crippen LogP contribution in [0.4, 0.5) is 0 Å². The Morgan fingerprint density at radius 1 is 1.00 bits per heavy atom. The quantitative estimate of drug-likeness (QED) is 0.506. The number of benzene rings is 2. The predicted octanol–water partition coefficient (Wildman–Crippen LogP) is 4.88. The molecule has 0 saturated carbocycles. The van der Waals surface area contributed by atoms with Gasteiger partial charge in [0.1, 0.15) is 11.3 Å². The fourth-order valence-electron chi connectivity index (χ4n) is 2.58. The number of furan rings is 1. The molecule has 0 atom stereocenters. The van der Waals surface area contributed by atoms with E-state index in [0.717, 1.165) is 22.2 Å². The molecule has 0 amide bonds. The van der Waals surface area contributed by atoms with Gasteiger partial charge in [0.15, 0.2) is 17.6 Å². The molecule has 0 aliphatic heterocycles. The van der Waals surface area contributed by atoms with Gasteiger partial charge in [0.25, 0.3) is 0 Å². The minimum absolute atomic E-state index is 0.306. The summed E-state index contributed by atoms with van der Waals surface area (Å²) in [6, 6.07) is 17.0. The molecule has 0 bridgehead atoms. The lowest BCUT2D eigenvalue weighted by molar-refractivity contribution is 0.110. The molecule has 4 nitrogen and oxygen atoms in total. The lowest BCUT2D eigenvalue weighted by atomic mass is 10.1. The standard InChI is InChI=1S/C19H13NO3/c1-12-4-2-3-5-15(12)19-20-16-10-13(6-8-18(16)23-19)17-9-7-14(11-21)22-17/h2-11H,1H3. The highest BCUT2D eigenvalue weighted by Gasteiger charge is 2.12. The van der Waals surface area contributed by atoms with Gasteiger partial charge in [0.05, 0.1) is 0 Å². The van der Waals surface area contributed by atoms with Gasteiger partial charge in [-0.3, -0.25) is 4.79 Å². The van der Waals surface area contributed by atoms with Gasteiger partial charge >= 0.3 is 0 Å². The Labute approximate surface area is 132 Å². The van der Waals surface area contributed by atoms with E-state index in [1.807, 2.05) is 49.4 Å². The molecule has 0 fully saturated rings. The third kappa shape index (κ3) is 2.34. The van der Waals surface area contributed by atoms with Gasteiger partial charge in [0, 0.05) is 11.1 Å². The fraction of sp³-hybridized carbons (Fsp3) is 0.0526. The largest absolute Gasteiger partial charge is 0.453 e. The van der Waals surface area contributed by atoms with Crippen molar-refractivity contribution in [3.8, 4) is 22.8 Å². The number of carbonyl (C=O) groups excluding carboxylic acids is 1. The van der Waals surface area contributed by atoms with Gasteiger partial charge in [-0.05, 0) is 48.9 Å². The number of oxazole rings is 1. The van der Waals surface area contributed by atoms with Gasteiger partial charge in [-0.1, -0.05) is 18.2 Å². The number of fused-ring (bicyclic) bond motifs is 1. The third-order valence-electron chi connectivity index (χ3n) is 3.79. The van der Waals surface area contributed by atoms with E-state index in [-0.39, 0.29) is 0 Å². The SMILES string of the molecule is Cc1ccccc1-c1nc2cc(-c3ccc(C=O)o3)ccc2o1. The van der Waals surface area contributed by atoms with Crippen molar-refractivity contribution in [1.29, 1.82) is 0 Å². The van der Waals surface area contributed by atoms with Crippen molar-refractivity contribution >= 4 is 17.4 Å². The molecule has 2 heterocycles. The molecule has 0 aliphatic carbocycles. The van der Waals surface area contributed by atoms with Crippen LogP contribution in [0, 0.1) is 6.92 Å². The summed E-state index contributed by atoms with van der Waals surface area (Å²) < 4.78 is 11.3. The summed E-state index contributed by atoms with van der Waals surface area (Å²) in [5.41, 5.74) is 4.42. The summed E-state index contributed by atoms with van der Waals surface area (Å²) >= 11 is 0. The van der Waals surface area contributed by atoms with Crippen LogP contribution in [0.25, 0.3) is 33.9 Å². The molecule has 0 N–H and O–H groups in total. The Morgan fingerprint density at radius 3 is 2.65 bits per heavy atom. The predicted molar refractivity (Wildman–Crippen MR) is 87.3 cm³/mol. The Kier molecular flexibility index (Phi) is 3.08. The van der Waals surface area contributed by atoms with E-state index in [4.69, 9.17) is 8.83 Å². The van der Waals surface area contributed by atoms with Crippen molar-refractivity contribution in [3.05, 3.63) is 65.9 Å². The summed E-state index contributed by atoms with van der Waals surface area (Å²) in [5, 5.41) is 0. The van der Waals surface area contributed by atoms with E-state index >= 15 is 0 Å². The number of aldehydes is 1. The van der Waals surface area contributed by atoms with Crippen molar-refractivity contribution < 1.29 is 13.6 Å². The first-order valence-corrected chi connectivity index (χ1v) is 7.26. The Hall–Kier alpha value is -3.14. The maximum Gasteiger partial charge on any atom is 0.227 e. The third-order valence-corrected chi connectivity index (χ3v) is 3.79. The van der Waals surface area contributed by atoms with Gasteiger partial charge < -0.3 is 8.83 Å². The van der Waals surface area contributed by atoms with E-state index in [9.17, 15) is 4.79 Å². The second-order valence-corrected chi connectivity index (χ2v) is 5.34. The Morgan fingerprint density at radius 2 is 1.87 bits per heavy atom. The zero-order valence-electron chi connectivity index (χ0n) is 12.4. The monoisotopic (exact) mass is 303 g/mol. The van der Waals surface area contributed by atoms with Crippen LogP contribution in [-0.2, 0) is 0 Å². The lowest BCUT2D eigenvalue weighted by Gasteiger charge is -1.98. The zero-order chi connectivity index (χ0) is 15.8. The van der Waals surface area contributed by atoms with E-state index < -0.39 is 0 Å². The summed E-state index contributed by atoms with van der Waals surface area (Å²) in [4.78, 5) is 15.3. The van der Waals surface area contributed by atoms with Crippen molar-refractivity contribution in [2.24, 2.45) is 0 Å². The minimum Gasteiger partial charge on any atom is -0.453 e. The van der Waals surface area contributed by atoms with Crippen LogP contribution >= 0.6 is 0 Å². The topological polar surface area (TPSA) is 56.2 Å². The van der Waals surface area contributed by atoms with Gasteiger partial charge in [-0.25, -0.2) is 4.98 Å². The number of aromatic nitrogens is 1. The summed E-state index contributed by atoms with van der Waals surface area (Å²) in [6.07, 6.45) is 0.689. The van der Waals surface area contributed by atoms with Crippen LogP contribution in [-0.4, -0.2) is 11.3 Å². The summed E-state index contributed by atoms with van der Waals surface area (Å²) in [5.74, 6) is 1.54. The average Bonchev–Trinajstić information content (AvgIpc) is 3.21. The van der Waals surface area contributed by atoms with Crippen LogP contribution in [0.2, 0.25) is 0 Å². The minimum atomic E-state index is 0.306. The van der Waals surface area contributed by atoms with Crippen LogP contribution in [0.3, 0.4) is 0 Å². The van der Waals surface area contributed by atoms with Gasteiger partial charge in [-0.2, -0.15) is 0 Å². The Bertz CT molecular complexity index is 1010. The van der Waals surface area contributed by atoms with Gasteiger partial charge in [-0.15, -0.1) is 0 Å². The molecule has 2 aromatic carbocycles. The Balaban J connectivity index is 1.81. The van der Waals surface area contributed by atoms with E-state index in [2.05, 4.69) is 4.98 Å². The second-order valence-electron chi connectivity index (χ2n) is 5.34. The molecule has 0 radical (unpaired) electrons. The van der Waals surface area contributed by atoms with Crippen molar-refractivity contribution in [3.63, 3.8) is 0 Å². The molecule has 0 aliphatic rings. The summed E-state index contributed by atoms with van der Waals surface area (Å²) in [7, 11) is 0. The molecule has 2 aromatic heterocycles. The highest BCUT2D eigenvalue weighted by atomic mass is 16.4. The van der Waals surface area contributed by atoms with Crippen molar-refractivity contribution in [2.45, 2.75) is 6.92 Å². The number of aryl methyl sites for hydroxylation is 1. The summed E-state index contributed by atoms with van der Waals surface area (Å²) in [6.45, 7) is 2.03. The lowest BCUT2D eigenvalue weighted by Crippen LogP contribution is -1.81. The zero-order valence-corrected chi connectivity index (χ0v) is 12.4. The molecular formula is C19H13NO3. The number of nitrogens with zero attached hydrogens (tertiary/aromatic N) is 1. The van der Waals surface area contributed by atoms with Crippen LogP contribution in [0.1, 0.15) is 16.1 Å². The smallest absolute Gasteiger partial charge is 0.227 e. The van der Waals surface area contributed by atoms with Crippen LogP contribution in [0.5, 0.6) is 0 Å². The number of carbonyl (C=O) groups is 1. The molecule has 112 valence electrons. The second kappa shape index (κ2) is 5.25. The van der Waals surface area contributed by atoms with Crippen LogP contribution in [0.15, 0.2) is 63.4 Å². The number of hydrogen-bond acceptors (Lipinski definition) is 4. The van der Waals surface area contributed by atoms with E-state index in [0.29, 0.717) is 29.3 Å². The number of hydrogen-bond donors (Lipinski definition) is 0. The van der Waals surface area contributed by atoms with Crippen molar-refractivity contribution in [2.75, 3.05) is 0 Å². The fourth-order valence-corrected chi connectivity index (χ4v) is 2.58. The normalized spacial score (nSPS) is 11.0. The molecule has 4 aromatic rings. The highest BCUT2D eigenvalue weighted by Crippen LogP contribution is 2.30. The van der Waals surface area contributed by atoms with Gasteiger partial charge in [0.2, 0.25) is 5.89 Å². The molecule has 4 rings (SSSR count). The molecule has 0 unspecified atom stereocenters. The number of rotatable bonds is 3. The first-order chi connectivity index (χ1) is 11.2. The molecule has 0 saturated heterocycles. The molecule has 4 heteroatoms. The molecule has 23 heavy (non-hydrogen) atoms. The first-order valence-electron chi connectivity index (χ1n) is 7.26. The first kappa shape index (κ1) is 13.5. The van der Waals surface area contributed by atoms with Crippen molar-refractivity contribution in [1.82, 2.24) is 4.98 Å².